The van der Waals surface area contributed by atoms with Gasteiger partial charge in [-0.15, -0.1) is 0 Å². The first kappa shape index (κ1) is 104. The molecule has 2 unspecified atom stereocenters. The van der Waals surface area contributed by atoms with Crippen LogP contribution in [0.15, 0.2) is 0 Å². The molecular weight excluding hydrogens is 1380 g/mol. The zero-order valence-corrected chi connectivity index (χ0v) is 71.7. The highest BCUT2D eigenvalue weighted by molar-refractivity contribution is 7.47. The lowest BCUT2D eigenvalue weighted by Crippen LogP contribution is -2.30. The summed E-state index contributed by atoms with van der Waals surface area (Å²) in [5.74, 6) is 0.201. The topological polar surface area (TPSA) is 237 Å². The van der Waals surface area contributed by atoms with Gasteiger partial charge in [-0.05, 0) is 43.4 Å². The standard InChI is InChI=1S/C87H170O17P2/c1-8-9-10-11-12-13-14-15-16-17-18-19-20-21-24-31-36-41-48-56-63-70-86(91)103-82(74-97-84(89)68-61-54-47-40-35-30-25-22-23-28-33-38-44-51-58-65-78(2)3)76-101-105(93,94)99-72-81(88)73-100-106(95,96)102-77-83(75-98-85(90)69-62-55-50-43-46-53-60-67-80(6)7)104-87(92)71-64-57-49-42-37-32-27-26-29-34-39-45-52-59-66-79(4)5/h78-83,88H,8-77H2,1-7H3,(H,93,94)(H,95,96)/t81-,82-,83-/m1/s1. The van der Waals surface area contributed by atoms with Gasteiger partial charge >= 0.3 is 39.5 Å². The number of rotatable bonds is 85. The molecule has 0 aromatic carbocycles. The summed E-state index contributed by atoms with van der Waals surface area (Å²) in [6.45, 7) is 12.0. The minimum Gasteiger partial charge on any atom is -0.462 e. The van der Waals surface area contributed by atoms with Crippen molar-refractivity contribution < 1.29 is 80.2 Å². The quantitative estimate of drug-likeness (QED) is 0.0222. The molecule has 0 aliphatic carbocycles. The summed E-state index contributed by atoms with van der Waals surface area (Å²) < 4.78 is 68.9. The average Bonchev–Trinajstić information content (AvgIpc) is 0.902. The van der Waals surface area contributed by atoms with E-state index in [0.717, 1.165) is 108 Å². The van der Waals surface area contributed by atoms with Gasteiger partial charge in [0.2, 0.25) is 0 Å². The van der Waals surface area contributed by atoms with Gasteiger partial charge in [-0.3, -0.25) is 37.3 Å². The Morgan fingerprint density at radius 2 is 0.434 bits per heavy atom. The molecule has 106 heavy (non-hydrogen) atoms. The molecule has 17 nitrogen and oxygen atoms in total. The number of phosphoric ester groups is 2. The van der Waals surface area contributed by atoms with Gasteiger partial charge in [-0.1, -0.05) is 408 Å². The van der Waals surface area contributed by atoms with Gasteiger partial charge in [0.05, 0.1) is 26.4 Å². The Hall–Kier alpha value is -1.94. The molecule has 0 spiro atoms. The van der Waals surface area contributed by atoms with E-state index in [1.807, 2.05) is 0 Å². The lowest BCUT2D eigenvalue weighted by molar-refractivity contribution is -0.161. The first-order chi connectivity index (χ1) is 51.2. The fourth-order valence-electron chi connectivity index (χ4n) is 13.5. The van der Waals surface area contributed by atoms with E-state index in [4.69, 9.17) is 37.0 Å². The van der Waals surface area contributed by atoms with Gasteiger partial charge in [-0.2, -0.15) is 0 Å². The van der Waals surface area contributed by atoms with Crippen LogP contribution in [0.4, 0.5) is 0 Å². The second-order valence-corrected chi connectivity index (χ2v) is 35.6. The molecule has 0 bridgehead atoms. The van der Waals surface area contributed by atoms with Crippen molar-refractivity contribution in [1.82, 2.24) is 0 Å². The van der Waals surface area contributed by atoms with E-state index in [1.54, 1.807) is 0 Å². The number of esters is 4. The van der Waals surface area contributed by atoms with E-state index in [2.05, 4.69) is 48.5 Å². The number of unbranched alkanes of at least 4 members (excludes halogenated alkanes) is 53. The molecule has 630 valence electrons. The second-order valence-electron chi connectivity index (χ2n) is 32.7. The molecular formula is C87H170O17P2. The van der Waals surface area contributed by atoms with E-state index in [0.29, 0.717) is 31.6 Å². The predicted molar refractivity (Wildman–Crippen MR) is 437 cm³/mol. The molecule has 5 atom stereocenters. The zero-order valence-electron chi connectivity index (χ0n) is 69.9. The summed E-state index contributed by atoms with van der Waals surface area (Å²) in [5, 5.41) is 10.7. The Kier molecular flexibility index (Phi) is 75.6. The van der Waals surface area contributed by atoms with Crippen molar-refractivity contribution in [3.8, 4) is 0 Å². The molecule has 0 radical (unpaired) electrons. The lowest BCUT2D eigenvalue weighted by atomic mass is 10.0. The second kappa shape index (κ2) is 77.0. The van der Waals surface area contributed by atoms with Crippen LogP contribution in [0, 0.1) is 17.8 Å². The van der Waals surface area contributed by atoms with Crippen molar-refractivity contribution in [2.75, 3.05) is 39.6 Å². The van der Waals surface area contributed by atoms with E-state index in [-0.39, 0.29) is 25.7 Å². The number of aliphatic hydroxyl groups is 1. The summed E-state index contributed by atoms with van der Waals surface area (Å²) in [4.78, 5) is 73.2. The van der Waals surface area contributed by atoms with Crippen LogP contribution in [0.3, 0.4) is 0 Å². The molecule has 3 N–H and O–H groups in total. The molecule has 0 saturated carbocycles. The smallest absolute Gasteiger partial charge is 0.462 e. The van der Waals surface area contributed by atoms with Crippen molar-refractivity contribution >= 4 is 39.5 Å². The molecule has 0 aliphatic rings. The number of carbonyl (C=O) groups excluding carboxylic acids is 4. The van der Waals surface area contributed by atoms with Crippen LogP contribution in [-0.4, -0.2) is 96.7 Å². The Morgan fingerprint density at radius 1 is 0.255 bits per heavy atom. The molecule has 19 heteroatoms. The SMILES string of the molecule is CCCCCCCCCCCCCCCCCCCCCCCC(=O)O[C@H](COC(=O)CCCCCCCCCCCCCCCCCC(C)C)COP(=O)(O)OC[C@@H](O)COP(=O)(O)OC[C@@H](COC(=O)CCCCCCCCCC(C)C)OC(=O)CCCCCCCCCCCCCCCCC(C)C. The molecule has 0 rings (SSSR count). The van der Waals surface area contributed by atoms with Gasteiger partial charge in [0, 0.05) is 25.7 Å². The normalized spacial score (nSPS) is 13.9. The molecule has 0 saturated heterocycles. The summed E-state index contributed by atoms with van der Waals surface area (Å²) in [6.07, 6.45) is 68.2. The van der Waals surface area contributed by atoms with E-state index < -0.39 is 97.5 Å². The zero-order chi connectivity index (χ0) is 77.9. The number of phosphoric acid groups is 2. The predicted octanol–water partition coefficient (Wildman–Crippen LogP) is 26.5. The summed E-state index contributed by atoms with van der Waals surface area (Å²) in [6, 6.07) is 0. The molecule has 0 heterocycles. The maximum absolute atomic E-state index is 13.2. The van der Waals surface area contributed by atoms with Crippen LogP contribution in [0.1, 0.15) is 459 Å². The maximum Gasteiger partial charge on any atom is 0.472 e. The van der Waals surface area contributed by atoms with Crippen LogP contribution in [-0.2, 0) is 65.4 Å². The van der Waals surface area contributed by atoms with Gasteiger partial charge in [-0.25, -0.2) is 9.13 Å². The van der Waals surface area contributed by atoms with Gasteiger partial charge in [0.1, 0.15) is 19.3 Å². The van der Waals surface area contributed by atoms with E-state index in [9.17, 15) is 43.2 Å². The molecule has 0 fully saturated rings. The van der Waals surface area contributed by atoms with Crippen molar-refractivity contribution in [2.45, 2.75) is 478 Å². The first-order valence-electron chi connectivity index (χ1n) is 44.8. The van der Waals surface area contributed by atoms with Crippen LogP contribution >= 0.6 is 15.6 Å². The molecule has 0 aliphatic heterocycles. The van der Waals surface area contributed by atoms with Crippen molar-refractivity contribution in [3.63, 3.8) is 0 Å². The van der Waals surface area contributed by atoms with Crippen LogP contribution in [0.2, 0.25) is 0 Å². The Bertz CT molecular complexity index is 2040. The average molecular weight is 1550 g/mol. The Balaban J connectivity index is 5.23. The molecule has 0 amide bonds. The van der Waals surface area contributed by atoms with Gasteiger partial charge < -0.3 is 33.8 Å². The fraction of sp³-hybridized carbons (Fsp3) is 0.954. The third kappa shape index (κ3) is 80.1. The van der Waals surface area contributed by atoms with E-state index in [1.165, 1.54) is 263 Å². The van der Waals surface area contributed by atoms with Crippen LogP contribution in [0.25, 0.3) is 0 Å². The lowest BCUT2D eigenvalue weighted by Gasteiger charge is -2.21. The van der Waals surface area contributed by atoms with Gasteiger partial charge in [0.15, 0.2) is 12.2 Å². The number of hydrogen-bond acceptors (Lipinski definition) is 15. The molecule has 0 aromatic heterocycles. The first-order valence-corrected chi connectivity index (χ1v) is 47.8. The minimum atomic E-state index is -4.97. The fourth-order valence-corrected chi connectivity index (χ4v) is 15.1. The number of ether oxygens (including phenoxy) is 4. The Labute approximate surface area is 651 Å². The highest BCUT2D eigenvalue weighted by atomic mass is 31.2. The van der Waals surface area contributed by atoms with Crippen molar-refractivity contribution in [2.24, 2.45) is 17.8 Å². The van der Waals surface area contributed by atoms with Crippen molar-refractivity contribution in [3.05, 3.63) is 0 Å². The summed E-state index contributed by atoms with van der Waals surface area (Å²) >= 11 is 0. The number of hydrogen-bond donors (Lipinski definition) is 3. The summed E-state index contributed by atoms with van der Waals surface area (Å²) in [5.41, 5.74) is 0. The van der Waals surface area contributed by atoms with Gasteiger partial charge in [0.25, 0.3) is 0 Å². The monoisotopic (exact) mass is 1550 g/mol. The summed E-state index contributed by atoms with van der Waals surface area (Å²) in [7, 11) is -9.93. The third-order valence-corrected chi connectivity index (χ3v) is 22.3. The highest BCUT2D eigenvalue weighted by Gasteiger charge is 2.30. The maximum atomic E-state index is 13.2. The largest absolute Gasteiger partial charge is 0.472 e. The Morgan fingerprint density at radius 3 is 0.642 bits per heavy atom. The van der Waals surface area contributed by atoms with E-state index >= 15 is 0 Å². The number of aliphatic hydroxyl groups excluding tert-OH is 1. The van der Waals surface area contributed by atoms with Crippen molar-refractivity contribution in [1.29, 1.82) is 0 Å². The molecule has 0 aromatic rings. The third-order valence-electron chi connectivity index (χ3n) is 20.4. The van der Waals surface area contributed by atoms with Crippen LogP contribution < -0.4 is 0 Å². The van der Waals surface area contributed by atoms with Crippen LogP contribution in [0.5, 0.6) is 0 Å². The minimum absolute atomic E-state index is 0.107. The number of carbonyl (C=O) groups is 4. The highest BCUT2D eigenvalue weighted by Crippen LogP contribution is 2.45.